The van der Waals surface area contributed by atoms with Crippen LogP contribution in [0, 0.1) is 6.92 Å². The van der Waals surface area contributed by atoms with E-state index in [0.717, 1.165) is 10.2 Å². The molecule has 18 heavy (non-hydrogen) atoms. The van der Waals surface area contributed by atoms with Crippen molar-refractivity contribution in [2.45, 2.75) is 25.9 Å². The van der Waals surface area contributed by atoms with Crippen molar-refractivity contribution in [3.63, 3.8) is 0 Å². The Labute approximate surface area is 106 Å². The van der Waals surface area contributed by atoms with Crippen molar-refractivity contribution in [2.24, 2.45) is 0 Å². The molecular formula is C11H12F3N3S. The summed E-state index contributed by atoms with van der Waals surface area (Å²) in [7, 11) is 0. The van der Waals surface area contributed by atoms with Gasteiger partial charge in [-0.05, 0) is 24.8 Å². The number of nitrogens with zero attached hydrogens (tertiary/aromatic N) is 2. The van der Waals surface area contributed by atoms with Crippen molar-refractivity contribution >= 4 is 27.4 Å². The molecule has 98 valence electrons. The number of fused-ring (bicyclic) bond motifs is 1. The number of aryl methyl sites for hydroxylation is 1. The van der Waals surface area contributed by atoms with Gasteiger partial charge in [-0.15, -0.1) is 11.3 Å². The SMILES string of the molecule is Cc1nc(NCCCC(F)(F)F)c2ccsc2n1. The Morgan fingerprint density at radius 2 is 2.11 bits per heavy atom. The largest absolute Gasteiger partial charge is 0.389 e. The predicted molar refractivity (Wildman–Crippen MR) is 65.9 cm³/mol. The van der Waals surface area contributed by atoms with E-state index in [-0.39, 0.29) is 13.0 Å². The molecule has 0 radical (unpaired) electrons. The van der Waals surface area contributed by atoms with E-state index in [0.29, 0.717) is 11.6 Å². The van der Waals surface area contributed by atoms with Crippen molar-refractivity contribution in [1.29, 1.82) is 0 Å². The van der Waals surface area contributed by atoms with Gasteiger partial charge >= 0.3 is 6.18 Å². The average molecular weight is 275 g/mol. The first kappa shape index (κ1) is 13.1. The molecule has 0 saturated carbocycles. The summed E-state index contributed by atoms with van der Waals surface area (Å²) in [6, 6.07) is 1.87. The highest BCUT2D eigenvalue weighted by Gasteiger charge is 2.25. The molecule has 0 saturated heterocycles. The van der Waals surface area contributed by atoms with Gasteiger partial charge in [0.15, 0.2) is 0 Å². The van der Waals surface area contributed by atoms with Crippen LogP contribution in [-0.2, 0) is 0 Å². The number of hydrogen-bond donors (Lipinski definition) is 1. The lowest BCUT2D eigenvalue weighted by Gasteiger charge is -2.09. The summed E-state index contributed by atoms with van der Waals surface area (Å²) >= 11 is 1.49. The molecule has 3 nitrogen and oxygen atoms in total. The second kappa shape index (κ2) is 5.09. The van der Waals surface area contributed by atoms with E-state index in [1.807, 2.05) is 11.4 Å². The highest BCUT2D eigenvalue weighted by atomic mass is 32.1. The third-order valence-corrected chi connectivity index (χ3v) is 3.17. The van der Waals surface area contributed by atoms with E-state index >= 15 is 0 Å². The van der Waals surface area contributed by atoms with E-state index in [9.17, 15) is 13.2 Å². The smallest absolute Gasteiger partial charge is 0.369 e. The van der Waals surface area contributed by atoms with Crippen LogP contribution in [0.4, 0.5) is 19.0 Å². The topological polar surface area (TPSA) is 37.8 Å². The minimum absolute atomic E-state index is 0.0399. The first-order valence-electron chi connectivity index (χ1n) is 5.48. The predicted octanol–water partition coefficient (Wildman–Crippen LogP) is 3.75. The van der Waals surface area contributed by atoms with Crippen LogP contribution in [0.25, 0.3) is 10.2 Å². The molecule has 0 bridgehead atoms. The maximum absolute atomic E-state index is 12.0. The fourth-order valence-corrected chi connectivity index (χ4v) is 2.40. The molecular weight excluding hydrogens is 263 g/mol. The fourth-order valence-electron chi connectivity index (χ4n) is 1.59. The first-order chi connectivity index (χ1) is 8.46. The van der Waals surface area contributed by atoms with Crippen molar-refractivity contribution in [1.82, 2.24) is 9.97 Å². The Balaban J connectivity index is 2.01. The molecule has 0 atom stereocenters. The maximum Gasteiger partial charge on any atom is 0.389 e. The van der Waals surface area contributed by atoms with Crippen molar-refractivity contribution in [2.75, 3.05) is 11.9 Å². The normalized spacial score (nSPS) is 12.0. The second-order valence-corrected chi connectivity index (χ2v) is 4.80. The number of thiophene rings is 1. The van der Waals surface area contributed by atoms with Gasteiger partial charge < -0.3 is 5.32 Å². The Morgan fingerprint density at radius 3 is 2.83 bits per heavy atom. The third kappa shape index (κ3) is 3.32. The van der Waals surface area contributed by atoms with Crippen molar-refractivity contribution < 1.29 is 13.2 Å². The Morgan fingerprint density at radius 1 is 1.33 bits per heavy atom. The monoisotopic (exact) mass is 275 g/mol. The van der Waals surface area contributed by atoms with Gasteiger partial charge in [-0.1, -0.05) is 0 Å². The van der Waals surface area contributed by atoms with E-state index in [1.54, 1.807) is 6.92 Å². The van der Waals surface area contributed by atoms with Crippen LogP contribution < -0.4 is 5.32 Å². The summed E-state index contributed by atoms with van der Waals surface area (Å²) in [5.74, 6) is 1.23. The van der Waals surface area contributed by atoms with Gasteiger partial charge in [0, 0.05) is 13.0 Å². The van der Waals surface area contributed by atoms with Crippen molar-refractivity contribution in [3.8, 4) is 0 Å². The second-order valence-electron chi connectivity index (χ2n) is 3.90. The first-order valence-corrected chi connectivity index (χ1v) is 6.36. The fraction of sp³-hybridized carbons (Fsp3) is 0.455. The zero-order valence-electron chi connectivity index (χ0n) is 9.71. The molecule has 2 rings (SSSR count). The summed E-state index contributed by atoms with van der Waals surface area (Å²) < 4.78 is 36.0. The highest BCUT2D eigenvalue weighted by molar-refractivity contribution is 7.16. The van der Waals surface area contributed by atoms with Gasteiger partial charge in [0.25, 0.3) is 0 Å². The number of hydrogen-bond acceptors (Lipinski definition) is 4. The number of alkyl halides is 3. The minimum atomic E-state index is -4.10. The lowest BCUT2D eigenvalue weighted by Crippen LogP contribution is -2.11. The quantitative estimate of drug-likeness (QED) is 0.863. The molecule has 2 aromatic rings. The van der Waals surface area contributed by atoms with Crippen molar-refractivity contribution in [3.05, 3.63) is 17.3 Å². The molecule has 2 heterocycles. The van der Waals surface area contributed by atoms with E-state index in [4.69, 9.17) is 0 Å². The Hall–Kier alpha value is -1.37. The van der Waals surface area contributed by atoms with Crippen LogP contribution in [-0.4, -0.2) is 22.7 Å². The van der Waals surface area contributed by atoms with Gasteiger partial charge in [0.2, 0.25) is 0 Å². The van der Waals surface area contributed by atoms with E-state index in [1.165, 1.54) is 11.3 Å². The number of rotatable bonds is 4. The van der Waals surface area contributed by atoms with Crippen LogP contribution >= 0.6 is 11.3 Å². The molecule has 0 fully saturated rings. The number of anilines is 1. The van der Waals surface area contributed by atoms with Crippen LogP contribution in [0.5, 0.6) is 0 Å². The van der Waals surface area contributed by atoms with Gasteiger partial charge in [-0.2, -0.15) is 13.2 Å². The number of nitrogens with one attached hydrogen (secondary N) is 1. The lowest BCUT2D eigenvalue weighted by atomic mass is 10.3. The average Bonchev–Trinajstić information content (AvgIpc) is 2.70. The van der Waals surface area contributed by atoms with Gasteiger partial charge in [-0.25, -0.2) is 9.97 Å². The van der Waals surface area contributed by atoms with Crippen LogP contribution in [0.2, 0.25) is 0 Å². The summed E-state index contributed by atoms with van der Waals surface area (Å²) in [5.41, 5.74) is 0. The van der Waals surface area contributed by atoms with Crippen LogP contribution in [0.15, 0.2) is 11.4 Å². The molecule has 2 aromatic heterocycles. The zero-order chi connectivity index (χ0) is 13.2. The molecule has 0 amide bonds. The van der Waals surface area contributed by atoms with Gasteiger partial charge in [0.1, 0.15) is 16.5 Å². The molecule has 1 N–H and O–H groups in total. The molecule has 0 aromatic carbocycles. The minimum Gasteiger partial charge on any atom is -0.369 e. The summed E-state index contributed by atoms with van der Waals surface area (Å²) in [6.07, 6.45) is -4.84. The Bertz CT molecular complexity index is 536. The molecule has 7 heteroatoms. The van der Waals surface area contributed by atoms with Crippen LogP contribution in [0.3, 0.4) is 0 Å². The highest BCUT2D eigenvalue weighted by Crippen LogP contribution is 2.25. The molecule has 0 aliphatic rings. The van der Waals surface area contributed by atoms with Gasteiger partial charge in [0.05, 0.1) is 5.39 Å². The molecule has 0 unspecified atom stereocenters. The third-order valence-electron chi connectivity index (χ3n) is 2.37. The van der Waals surface area contributed by atoms with Gasteiger partial charge in [-0.3, -0.25) is 0 Å². The zero-order valence-corrected chi connectivity index (χ0v) is 10.5. The summed E-state index contributed by atoms with van der Waals surface area (Å²) in [4.78, 5) is 9.31. The van der Waals surface area contributed by atoms with Crippen LogP contribution in [0.1, 0.15) is 18.7 Å². The number of aromatic nitrogens is 2. The van der Waals surface area contributed by atoms with E-state index in [2.05, 4.69) is 15.3 Å². The standard InChI is InChI=1S/C11H12F3N3S/c1-7-16-9(8-3-6-18-10(8)17-7)15-5-2-4-11(12,13)14/h3,6H,2,4-5H2,1H3,(H,15,16,17). The Kier molecular flexibility index (Phi) is 3.70. The molecule has 0 aliphatic carbocycles. The summed E-state index contributed by atoms with van der Waals surface area (Å²) in [6.45, 7) is 2.01. The number of halogens is 3. The molecule has 0 spiro atoms. The lowest BCUT2D eigenvalue weighted by molar-refractivity contribution is -0.134. The van der Waals surface area contributed by atoms with E-state index < -0.39 is 12.6 Å². The summed E-state index contributed by atoms with van der Waals surface area (Å²) in [5, 5.41) is 5.69. The maximum atomic E-state index is 12.0. The molecule has 0 aliphatic heterocycles.